The van der Waals surface area contributed by atoms with Crippen LogP contribution in [0.2, 0.25) is 0 Å². The van der Waals surface area contributed by atoms with E-state index in [1.54, 1.807) is 0 Å². The maximum Gasteiger partial charge on any atom is 0.671 e. The lowest BCUT2D eigenvalue weighted by Crippen LogP contribution is -2.37. The highest BCUT2D eigenvalue weighted by Crippen LogP contribution is 1.81. The van der Waals surface area contributed by atoms with Gasteiger partial charge in [0, 0.05) is 28.4 Å². The van der Waals surface area contributed by atoms with Crippen molar-refractivity contribution in [2.75, 3.05) is 28.4 Å². The van der Waals surface area contributed by atoms with Gasteiger partial charge in [0.25, 0.3) is 0 Å². The Morgan fingerprint density at radius 3 is 0.375 bits per heavy atom. The molecule has 0 aliphatic carbocycles. The molecule has 0 saturated heterocycles. The van der Waals surface area contributed by atoms with Crippen LogP contribution in [0.25, 0.3) is 0 Å². The third-order valence-electron chi connectivity index (χ3n) is 1.10. The normalized spacial score (nSPS) is 12.0. The fourth-order valence-corrected chi connectivity index (χ4v) is 0. The molecule has 0 aromatic heterocycles. The Labute approximate surface area is 140 Å². The summed E-state index contributed by atoms with van der Waals surface area (Å²) in [5.41, 5.74) is 0. The first-order valence-electron chi connectivity index (χ1n) is 5.13. The Bertz CT molecular complexity index is 205. The van der Waals surface area contributed by atoms with Crippen molar-refractivity contribution in [1.29, 1.82) is 0 Å². The molecule has 0 saturated carbocycles. The molecule has 0 aromatic rings. The van der Waals surface area contributed by atoms with E-state index in [-0.39, 0.29) is 0 Å². The van der Waals surface area contributed by atoms with Crippen LogP contribution in [-0.4, -0.2) is 122 Å². The van der Waals surface area contributed by atoms with Crippen LogP contribution in [0.5, 0.6) is 0 Å². The second kappa shape index (κ2) is 14.4. The molecule has 24 heavy (non-hydrogen) atoms. The Hall–Kier alpha value is 0.228. The lowest BCUT2D eigenvalue weighted by atomic mass is 11.8. The predicted molar refractivity (Wildman–Crippen MR) is 77.7 cm³/mol. The van der Waals surface area contributed by atoms with Gasteiger partial charge < -0.3 is 75.3 Å². The zero-order valence-electron chi connectivity index (χ0n) is 13.0. The van der Waals surface area contributed by atoms with E-state index < -0.39 is 36.2 Å². The largest absolute Gasteiger partial charge is 0.671 e. The van der Waals surface area contributed by atoms with E-state index in [4.69, 9.17) is 57.5 Å². The third-order valence-corrected chi connectivity index (χ3v) is 3.29. The summed E-state index contributed by atoms with van der Waals surface area (Å²) in [6.45, 7) is 0. The quantitative estimate of drug-likeness (QED) is 0.181. The lowest BCUT2D eigenvalue weighted by molar-refractivity contribution is 0.0863. The standard InChI is InChI=1S/4CH6O4Si/c4*1-5-6(2,3)4/h4*2-4H,1H3. The van der Waals surface area contributed by atoms with Gasteiger partial charge in [-0.15, -0.1) is 0 Å². The molecule has 0 aromatic carbocycles. The van der Waals surface area contributed by atoms with Gasteiger partial charge in [0.05, 0.1) is 0 Å². The molecule has 12 N–H and O–H groups in total. The van der Waals surface area contributed by atoms with Gasteiger partial charge in [-0.2, -0.15) is 0 Å². The van der Waals surface area contributed by atoms with E-state index in [2.05, 4.69) is 17.7 Å². The van der Waals surface area contributed by atoms with Crippen molar-refractivity contribution < 1.29 is 75.3 Å². The molecule has 0 rings (SSSR count). The minimum absolute atomic E-state index is 1.02. The minimum Gasteiger partial charge on any atom is -0.368 e. The molecular weight excluding hydrogens is 416 g/mol. The average molecular weight is 441 g/mol. The molecule has 0 heterocycles. The van der Waals surface area contributed by atoms with E-state index in [0.29, 0.717) is 0 Å². The van der Waals surface area contributed by atoms with Gasteiger partial charge in [-0.1, -0.05) is 0 Å². The maximum absolute atomic E-state index is 7.85. The second-order valence-corrected chi connectivity index (χ2v) is 9.34. The van der Waals surface area contributed by atoms with Gasteiger partial charge in [-0.05, 0) is 0 Å². The molecule has 16 nitrogen and oxygen atoms in total. The summed E-state index contributed by atoms with van der Waals surface area (Å²) >= 11 is 0. The first kappa shape index (κ1) is 31.9. The maximum atomic E-state index is 7.85. The summed E-state index contributed by atoms with van der Waals surface area (Å²) < 4.78 is 15.0. The van der Waals surface area contributed by atoms with Gasteiger partial charge in [0.1, 0.15) is 0 Å². The summed E-state index contributed by atoms with van der Waals surface area (Å²) in [4.78, 5) is 94.2. The topological polar surface area (TPSA) is 280 Å². The summed E-state index contributed by atoms with van der Waals surface area (Å²) in [6, 6.07) is 0. The second-order valence-electron chi connectivity index (χ2n) is 3.11. The Balaban J connectivity index is -0.000000111. The zero-order valence-corrected chi connectivity index (χ0v) is 17.0. The highest BCUT2D eigenvalue weighted by molar-refractivity contribution is 6.49. The number of hydrogen-bond donors (Lipinski definition) is 12. The van der Waals surface area contributed by atoms with Crippen molar-refractivity contribution in [3.8, 4) is 0 Å². The van der Waals surface area contributed by atoms with Crippen molar-refractivity contribution in [1.82, 2.24) is 0 Å². The van der Waals surface area contributed by atoms with Crippen LogP contribution in [0.3, 0.4) is 0 Å². The van der Waals surface area contributed by atoms with Crippen LogP contribution in [0.1, 0.15) is 0 Å². The highest BCUT2D eigenvalue weighted by Gasteiger charge is 2.28. The number of rotatable bonds is 4. The van der Waals surface area contributed by atoms with Crippen molar-refractivity contribution in [3.63, 3.8) is 0 Å². The molecular formula is C4H24O16Si4. The van der Waals surface area contributed by atoms with Crippen LogP contribution in [0.4, 0.5) is 0 Å². The van der Waals surface area contributed by atoms with Gasteiger partial charge in [-0.25, -0.2) is 0 Å². The molecule has 0 spiro atoms. The van der Waals surface area contributed by atoms with Crippen LogP contribution >= 0.6 is 0 Å². The van der Waals surface area contributed by atoms with Crippen LogP contribution < -0.4 is 0 Å². The molecule has 0 radical (unpaired) electrons. The van der Waals surface area contributed by atoms with Crippen LogP contribution in [0.15, 0.2) is 0 Å². The first-order valence-corrected chi connectivity index (χ1v) is 12.1. The van der Waals surface area contributed by atoms with Gasteiger partial charge in [-0.3, -0.25) is 0 Å². The monoisotopic (exact) mass is 440 g/mol. The van der Waals surface area contributed by atoms with E-state index in [9.17, 15) is 0 Å². The smallest absolute Gasteiger partial charge is 0.368 e. The predicted octanol–water partition coefficient (Wildman–Crippen LogP) is -7.82. The highest BCUT2D eigenvalue weighted by atomic mass is 28.4. The summed E-state index contributed by atoms with van der Waals surface area (Å²) in [7, 11) is -12.4. The molecule has 0 amide bonds. The summed E-state index contributed by atoms with van der Waals surface area (Å²) in [5.74, 6) is 0. The van der Waals surface area contributed by atoms with Gasteiger partial charge in [0.15, 0.2) is 0 Å². The molecule has 0 atom stereocenters. The van der Waals surface area contributed by atoms with Crippen molar-refractivity contribution in [2.24, 2.45) is 0 Å². The minimum atomic E-state index is -4.13. The molecule has 152 valence electrons. The molecule has 20 heteroatoms. The molecule has 0 bridgehead atoms. The van der Waals surface area contributed by atoms with E-state index in [1.165, 1.54) is 0 Å². The fraction of sp³-hybridized carbons (Fsp3) is 1.00. The molecule has 0 aliphatic rings. The summed E-state index contributed by atoms with van der Waals surface area (Å²) in [5, 5.41) is 0. The lowest BCUT2D eigenvalue weighted by Gasteiger charge is -2.01. The van der Waals surface area contributed by atoms with Crippen molar-refractivity contribution in [2.45, 2.75) is 0 Å². The van der Waals surface area contributed by atoms with E-state index in [0.717, 1.165) is 28.4 Å². The number of hydrogen-bond acceptors (Lipinski definition) is 16. The zero-order chi connectivity index (χ0) is 20.8. The molecule has 0 aliphatic heterocycles. The fourth-order valence-electron chi connectivity index (χ4n) is 0. The van der Waals surface area contributed by atoms with Gasteiger partial charge >= 0.3 is 36.2 Å². The third kappa shape index (κ3) is 67.0. The van der Waals surface area contributed by atoms with Crippen LogP contribution in [-0.2, 0) is 17.7 Å². The SMILES string of the molecule is CO[Si](O)(O)O.CO[Si](O)(O)O.CO[Si](O)(O)O.CO[Si](O)(O)O. The first-order chi connectivity index (χ1) is 10.2. The average Bonchev–Trinajstić information content (AvgIpc) is 2.37. The van der Waals surface area contributed by atoms with Crippen molar-refractivity contribution >= 4 is 36.2 Å². The van der Waals surface area contributed by atoms with E-state index >= 15 is 0 Å². The van der Waals surface area contributed by atoms with Crippen molar-refractivity contribution in [3.05, 3.63) is 0 Å². The summed E-state index contributed by atoms with van der Waals surface area (Å²) in [6.07, 6.45) is 0. The Morgan fingerprint density at radius 2 is 0.375 bits per heavy atom. The van der Waals surface area contributed by atoms with E-state index in [1.807, 2.05) is 0 Å². The van der Waals surface area contributed by atoms with Gasteiger partial charge in [0.2, 0.25) is 0 Å². The Morgan fingerprint density at radius 1 is 0.333 bits per heavy atom. The Kier molecular flexibility index (Phi) is 19.2. The molecule has 0 unspecified atom stereocenters. The molecule has 0 fully saturated rings. The van der Waals surface area contributed by atoms with Crippen LogP contribution in [0, 0.1) is 0 Å².